The van der Waals surface area contributed by atoms with Gasteiger partial charge in [-0.05, 0) is 55.7 Å². The number of hydrogen-bond acceptors (Lipinski definition) is 6. The van der Waals surface area contributed by atoms with Crippen LogP contribution in [0.3, 0.4) is 0 Å². The number of allylic oxidation sites excluding steroid dienone is 3. The van der Waals surface area contributed by atoms with Crippen LogP contribution in [0.1, 0.15) is 25.7 Å². The van der Waals surface area contributed by atoms with Gasteiger partial charge >= 0.3 is 0 Å². The Balaban J connectivity index is 1.14. The Morgan fingerprint density at radius 2 is 1.93 bits per heavy atom. The minimum atomic E-state index is -0.133. The van der Waals surface area contributed by atoms with Crippen molar-refractivity contribution in [2.45, 2.75) is 35.3 Å². The summed E-state index contributed by atoms with van der Waals surface area (Å²) in [6.45, 7) is 0.239. The van der Waals surface area contributed by atoms with Crippen molar-refractivity contribution in [3.8, 4) is 0 Å². The zero-order chi connectivity index (χ0) is 20.2. The van der Waals surface area contributed by atoms with E-state index in [0.29, 0.717) is 5.25 Å². The van der Waals surface area contributed by atoms with E-state index in [2.05, 4.69) is 35.7 Å². The monoisotopic (exact) mass is 437 g/mol. The molecule has 1 N–H and O–H groups in total. The third kappa shape index (κ3) is 3.02. The second kappa shape index (κ2) is 7.24. The van der Waals surface area contributed by atoms with Crippen LogP contribution in [0.4, 0.5) is 5.69 Å². The normalized spacial score (nSPS) is 31.9. The number of thiazole rings is 1. The number of hydrogen-bond donors (Lipinski definition) is 1. The first-order valence-corrected chi connectivity index (χ1v) is 12.4. The van der Waals surface area contributed by atoms with Gasteiger partial charge in [-0.1, -0.05) is 36.1 Å². The Morgan fingerprint density at radius 1 is 1.13 bits per heavy atom. The van der Waals surface area contributed by atoms with E-state index in [-0.39, 0.29) is 42.2 Å². The molecule has 2 aromatic rings. The summed E-state index contributed by atoms with van der Waals surface area (Å²) in [6, 6.07) is 6.07. The van der Waals surface area contributed by atoms with Crippen LogP contribution in [0.15, 0.2) is 46.8 Å². The Hall–Kier alpha value is -2.12. The molecule has 1 aromatic heterocycles. The maximum Gasteiger partial charge on any atom is 0.235 e. The largest absolute Gasteiger partial charge is 0.367 e. The highest BCUT2D eigenvalue weighted by Crippen LogP contribution is 2.52. The number of carbonyl (C=O) groups is 2. The molecule has 6 rings (SSSR count). The highest BCUT2D eigenvalue weighted by atomic mass is 32.2. The van der Waals surface area contributed by atoms with Gasteiger partial charge in [-0.3, -0.25) is 14.5 Å². The summed E-state index contributed by atoms with van der Waals surface area (Å²) in [5.74, 6) is 0.230. The van der Waals surface area contributed by atoms with Crippen molar-refractivity contribution in [1.29, 1.82) is 0 Å². The van der Waals surface area contributed by atoms with Gasteiger partial charge in [-0.2, -0.15) is 0 Å². The standard InChI is InChI=1S/C23H23N3O2S2/c27-21-19-13-6-7-14(10-13)20(19)22(28)26(21)12-24-15-8-9-17-18(11-15)30-23(25-17)29-16-4-2-1-3-5-16/h2,4,6-9,11,13-14,16,19-20,24H,1,3,5,10,12H2/t13-,14+,16-,19-,20-/m0/s1. The summed E-state index contributed by atoms with van der Waals surface area (Å²) in [7, 11) is 0. The smallest absolute Gasteiger partial charge is 0.235 e. The van der Waals surface area contributed by atoms with E-state index in [1.54, 1.807) is 11.3 Å². The number of amides is 2. The first-order valence-electron chi connectivity index (χ1n) is 10.7. The van der Waals surface area contributed by atoms with Gasteiger partial charge in [0.05, 0.1) is 28.7 Å². The topological polar surface area (TPSA) is 62.3 Å². The van der Waals surface area contributed by atoms with E-state index >= 15 is 0 Å². The predicted molar refractivity (Wildman–Crippen MR) is 120 cm³/mol. The maximum atomic E-state index is 12.8. The molecule has 154 valence electrons. The van der Waals surface area contributed by atoms with Gasteiger partial charge in [0.2, 0.25) is 11.8 Å². The molecule has 1 aliphatic heterocycles. The zero-order valence-electron chi connectivity index (χ0n) is 16.5. The fourth-order valence-electron chi connectivity index (χ4n) is 5.36. The Bertz CT molecular complexity index is 1060. The fraction of sp³-hybridized carbons (Fsp3) is 0.435. The number of aromatic nitrogens is 1. The summed E-state index contributed by atoms with van der Waals surface area (Å²) in [6.07, 6.45) is 13.4. The number of likely N-dealkylation sites (tertiary alicyclic amines) is 1. The van der Waals surface area contributed by atoms with Gasteiger partial charge in [0.25, 0.3) is 0 Å². The molecule has 2 bridgehead atoms. The number of imide groups is 1. The molecule has 1 saturated heterocycles. The number of anilines is 1. The average Bonchev–Trinajstić information content (AvgIpc) is 3.51. The fourth-order valence-corrected chi connectivity index (χ4v) is 7.82. The minimum Gasteiger partial charge on any atom is -0.367 e. The Labute approximate surface area is 183 Å². The summed E-state index contributed by atoms with van der Waals surface area (Å²) in [5.41, 5.74) is 1.91. The third-order valence-corrected chi connectivity index (χ3v) is 9.17. The molecule has 3 aliphatic carbocycles. The molecule has 1 saturated carbocycles. The molecule has 1 aromatic carbocycles. The summed E-state index contributed by atoms with van der Waals surface area (Å²) in [4.78, 5) is 31.8. The zero-order valence-corrected chi connectivity index (χ0v) is 18.1. The lowest BCUT2D eigenvalue weighted by Gasteiger charge is -2.18. The third-order valence-electron chi connectivity index (χ3n) is 6.83. The van der Waals surface area contributed by atoms with Gasteiger partial charge < -0.3 is 5.32 Å². The molecule has 5 nitrogen and oxygen atoms in total. The van der Waals surface area contributed by atoms with Crippen LogP contribution in [0.5, 0.6) is 0 Å². The number of thioether (sulfide) groups is 1. The first kappa shape index (κ1) is 18.6. The van der Waals surface area contributed by atoms with Gasteiger partial charge in [0.15, 0.2) is 4.34 Å². The van der Waals surface area contributed by atoms with Crippen LogP contribution >= 0.6 is 23.1 Å². The maximum absolute atomic E-state index is 12.8. The predicted octanol–water partition coefficient (Wildman–Crippen LogP) is 4.67. The first-order chi connectivity index (χ1) is 14.7. The molecule has 2 amide bonds. The SMILES string of the molecule is O=C1[C@@H]2[C@@H](C(=O)N1CNc1ccc3nc(S[C@H]4C=CCCC4)sc3c1)[C@H]1C=C[C@@H]2C1. The van der Waals surface area contributed by atoms with E-state index in [9.17, 15) is 9.59 Å². The van der Waals surface area contributed by atoms with E-state index in [1.165, 1.54) is 24.2 Å². The van der Waals surface area contributed by atoms with Crippen molar-refractivity contribution < 1.29 is 9.59 Å². The van der Waals surface area contributed by atoms with Crippen molar-refractivity contribution >= 4 is 50.8 Å². The van der Waals surface area contributed by atoms with E-state index in [0.717, 1.165) is 26.7 Å². The summed E-state index contributed by atoms with van der Waals surface area (Å²) in [5, 5.41) is 3.82. The average molecular weight is 438 g/mol. The lowest BCUT2D eigenvalue weighted by Crippen LogP contribution is -2.37. The molecular weight excluding hydrogens is 414 g/mol. The molecule has 7 heteroatoms. The number of nitrogens with one attached hydrogen (secondary N) is 1. The molecule has 4 aliphatic rings. The summed E-state index contributed by atoms with van der Waals surface area (Å²) >= 11 is 3.55. The van der Waals surface area contributed by atoms with Crippen LogP contribution in [0.2, 0.25) is 0 Å². The summed E-state index contributed by atoms with van der Waals surface area (Å²) < 4.78 is 2.22. The number of fused-ring (bicyclic) bond motifs is 6. The van der Waals surface area contributed by atoms with E-state index in [1.807, 2.05) is 23.9 Å². The molecule has 30 heavy (non-hydrogen) atoms. The lowest BCUT2D eigenvalue weighted by atomic mass is 9.85. The van der Waals surface area contributed by atoms with Crippen LogP contribution < -0.4 is 5.32 Å². The molecule has 2 heterocycles. The van der Waals surface area contributed by atoms with Crippen molar-refractivity contribution in [2.24, 2.45) is 23.7 Å². The van der Waals surface area contributed by atoms with Gasteiger partial charge in [-0.25, -0.2) is 4.98 Å². The van der Waals surface area contributed by atoms with Gasteiger partial charge in [0, 0.05) is 10.9 Å². The molecular formula is C23H23N3O2S2. The number of nitrogens with zero attached hydrogens (tertiary/aromatic N) is 2. The van der Waals surface area contributed by atoms with Crippen LogP contribution in [0, 0.1) is 23.7 Å². The quantitative estimate of drug-likeness (QED) is 0.544. The second-order valence-corrected chi connectivity index (χ2v) is 11.1. The van der Waals surface area contributed by atoms with Crippen LogP contribution in [0.25, 0.3) is 10.2 Å². The molecule has 5 atom stereocenters. The van der Waals surface area contributed by atoms with Gasteiger partial charge in [0.1, 0.15) is 0 Å². The van der Waals surface area contributed by atoms with Gasteiger partial charge in [-0.15, -0.1) is 11.3 Å². The molecule has 0 spiro atoms. The number of rotatable bonds is 5. The highest BCUT2D eigenvalue weighted by molar-refractivity contribution is 8.01. The Morgan fingerprint density at radius 3 is 2.67 bits per heavy atom. The van der Waals surface area contributed by atoms with Crippen molar-refractivity contribution in [1.82, 2.24) is 9.88 Å². The molecule has 0 unspecified atom stereocenters. The minimum absolute atomic E-state index is 0.00700. The van der Waals surface area contributed by atoms with E-state index in [4.69, 9.17) is 4.98 Å². The highest BCUT2D eigenvalue weighted by Gasteiger charge is 2.59. The number of benzene rings is 1. The number of carbonyl (C=O) groups excluding carboxylic acids is 2. The Kier molecular flexibility index (Phi) is 4.49. The second-order valence-electron chi connectivity index (χ2n) is 8.62. The van der Waals surface area contributed by atoms with Crippen molar-refractivity contribution in [3.05, 3.63) is 42.5 Å². The molecule has 0 radical (unpaired) electrons. The van der Waals surface area contributed by atoms with Crippen LogP contribution in [-0.2, 0) is 9.59 Å². The van der Waals surface area contributed by atoms with Crippen LogP contribution in [-0.4, -0.2) is 33.6 Å². The van der Waals surface area contributed by atoms with Crippen molar-refractivity contribution in [3.63, 3.8) is 0 Å². The molecule has 2 fully saturated rings. The van der Waals surface area contributed by atoms with Crippen molar-refractivity contribution in [2.75, 3.05) is 12.0 Å². The van der Waals surface area contributed by atoms with E-state index < -0.39 is 0 Å². The lowest BCUT2D eigenvalue weighted by molar-refractivity contribution is -0.140.